The Kier molecular flexibility index (Phi) is 9.31. The zero-order valence-corrected chi connectivity index (χ0v) is 28.6. The Hall–Kier alpha value is -3.71. The molecule has 0 aromatic carbocycles. The van der Waals surface area contributed by atoms with Crippen LogP contribution in [-0.4, -0.2) is 72.0 Å². The number of aliphatic imine (C=N–C) groups is 1. The van der Waals surface area contributed by atoms with E-state index in [0.29, 0.717) is 23.2 Å². The number of nitrogens with one attached hydrogen (secondary N) is 2. The molecular weight excluding hydrogens is 578 g/mol. The first-order chi connectivity index (χ1) is 20.4. The van der Waals surface area contributed by atoms with Crippen molar-refractivity contribution in [2.45, 2.75) is 110 Å². The van der Waals surface area contributed by atoms with Gasteiger partial charge in [0.1, 0.15) is 28.9 Å². The van der Waals surface area contributed by atoms with Crippen LogP contribution in [0.2, 0.25) is 18.1 Å². The average Bonchev–Trinajstić information content (AvgIpc) is 3.81. The lowest BCUT2D eigenvalue weighted by atomic mass is 10.2. The number of carbonyl (C=O) groups is 2. The van der Waals surface area contributed by atoms with E-state index in [1.165, 1.54) is 15.6 Å². The Balaban J connectivity index is 1.66. The molecule has 2 saturated carbocycles. The van der Waals surface area contributed by atoms with Crippen LogP contribution in [-0.2, 0) is 13.9 Å². The minimum Gasteiger partial charge on any atom is -0.473 e. The van der Waals surface area contributed by atoms with Gasteiger partial charge in [0.2, 0.25) is 5.88 Å². The lowest BCUT2D eigenvalue weighted by Gasteiger charge is -2.36. The summed E-state index contributed by atoms with van der Waals surface area (Å²) in [5.74, 6) is 0.807. The molecular formula is C31H47N7O5Si. The molecule has 13 heteroatoms. The fraction of sp³-hybridized carbons (Fsp3) is 0.581. The Morgan fingerprint density at radius 1 is 1.20 bits per heavy atom. The van der Waals surface area contributed by atoms with Gasteiger partial charge in [0.25, 0.3) is 5.91 Å². The molecule has 2 heterocycles. The number of hydrogen-bond donors (Lipinski definition) is 2. The zero-order chi connectivity index (χ0) is 32.6. The Bertz CT molecular complexity index is 1480. The van der Waals surface area contributed by atoms with Crippen molar-refractivity contribution in [3.05, 3.63) is 42.1 Å². The summed E-state index contributed by atoms with van der Waals surface area (Å²) < 4.78 is 19.5. The minimum absolute atomic E-state index is 0.0190. The molecule has 0 spiro atoms. The van der Waals surface area contributed by atoms with Crippen LogP contribution in [0.3, 0.4) is 0 Å². The van der Waals surface area contributed by atoms with Crippen LogP contribution < -0.4 is 15.5 Å². The van der Waals surface area contributed by atoms with Gasteiger partial charge in [-0.15, -0.1) is 0 Å². The molecule has 12 nitrogen and oxygen atoms in total. The van der Waals surface area contributed by atoms with Gasteiger partial charge in [-0.25, -0.2) is 14.8 Å². The van der Waals surface area contributed by atoms with E-state index in [1.807, 2.05) is 6.92 Å². The van der Waals surface area contributed by atoms with Crippen LogP contribution in [0.15, 0.2) is 41.5 Å². The highest BCUT2D eigenvalue weighted by Gasteiger charge is 2.47. The topological polar surface area (TPSA) is 132 Å². The highest BCUT2D eigenvalue weighted by molar-refractivity contribution is 6.74. The van der Waals surface area contributed by atoms with Crippen molar-refractivity contribution >= 4 is 43.8 Å². The molecule has 2 aliphatic rings. The van der Waals surface area contributed by atoms with Gasteiger partial charge >= 0.3 is 6.09 Å². The van der Waals surface area contributed by atoms with Gasteiger partial charge in [-0.05, 0) is 65.1 Å². The van der Waals surface area contributed by atoms with Gasteiger partial charge in [0.15, 0.2) is 14.0 Å². The highest BCUT2D eigenvalue weighted by Crippen LogP contribution is 2.41. The van der Waals surface area contributed by atoms with Crippen LogP contribution in [0.1, 0.15) is 78.1 Å². The van der Waals surface area contributed by atoms with Gasteiger partial charge in [0.05, 0.1) is 24.0 Å². The molecule has 0 radical (unpaired) electrons. The Morgan fingerprint density at radius 2 is 1.89 bits per heavy atom. The lowest BCUT2D eigenvalue weighted by Crippen LogP contribution is -2.42. The van der Waals surface area contributed by atoms with Crippen LogP contribution in [0.4, 0.5) is 16.4 Å². The number of rotatable bonds is 11. The van der Waals surface area contributed by atoms with Gasteiger partial charge in [-0.1, -0.05) is 33.4 Å². The molecule has 2 N–H and O–H groups in total. The SMILES string of the molecule is C=CC=N/C(OC1CC1)=C(\C)Nc1cc(N(C)C(=O)OC(C)(C)C)n2ncc(C(=O)NC3CC3O[Si](C)(C)C(C)(C)C)c2n1. The Morgan fingerprint density at radius 3 is 2.48 bits per heavy atom. The van der Waals surface area contributed by atoms with Crippen molar-refractivity contribution in [2.75, 3.05) is 17.3 Å². The zero-order valence-electron chi connectivity index (χ0n) is 27.6. The molecule has 0 saturated heterocycles. The minimum atomic E-state index is -1.97. The fourth-order valence-corrected chi connectivity index (χ4v) is 5.39. The molecule has 2 aromatic rings. The van der Waals surface area contributed by atoms with Crippen molar-refractivity contribution in [1.29, 1.82) is 0 Å². The first kappa shape index (κ1) is 33.2. The van der Waals surface area contributed by atoms with E-state index in [2.05, 4.69) is 61.2 Å². The molecule has 2 atom stereocenters. The lowest BCUT2D eigenvalue weighted by molar-refractivity contribution is 0.0587. The van der Waals surface area contributed by atoms with E-state index in [0.717, 1.165) is 19.3 Å². The third-order valence-corrected chi connectivity index (χ3v) is 12.2. The number of fused-ring (bicyclic) bond motifs is 1. The van der Waals surface area contributed by atoms with Gasteiger partial charge < -0.3 is 24.5 Å². The van der Waals surface area contributed by atoms with Crippen LogP contribution in [0.5, 0.6) is 0 Å². The van der Waals surface area contributed by atoms with E-state index in [9.17, 15) is 9.59 Å². The maximum Gasteiger partial charge on any atom is 0.415 e. The molecule has 2 aliphatic carbocycles. The van der Waals surface area contributed by atoms with Crippen LogP contribution >= 0.6 is 0 Å². The normalized spacial score (nSPS) is 19.4. The third-order valence-electron chi connectivity index (χ3n) is 7.75. The van der Waals surface area contributed by atoms with Crippen molar-refractivity contribution in [2.24, 2.45) is 4.99 Å². The monoisotopic (exact) mass is 625 g/mol. The summed E-state index contributed by atoms with van der Waals surface area (Å²) in [5.41, 5.74) is 0.434. The number of hydrogen-bond acceptors (Lipinski definition) is 9. The van der Waals surface area contributed by atoms with Crippen molar-refractivity contribution < 1.29 is 23.5 Å². The number of carbonyl (C=O) groups excluding carboxylic acids is 2. The largest absolute Gasteiger partial charge is 0.473 e. The summed E-state index contributed by atoms with van der Waals surface area (Å²) in [6.07, 6.45) is 6.78. The number of amides is 2. The summed E-state index contributed by atoms with van der Waals surface area (Å²) in [5, 5.41) is 10.8. The van der Waals surface area contributed by atoms with E-state index >= 15 is 0 Å². The maximum absolute atomic E-state index is 13.5. The molecule has 2 fully saturated rings. The number of ether oxygens (including phenoxy) is 2. The Labute approximate surface area is 261 Å². The highest BCUT2D eigenvalue weighted by atomic mass is 28.4. The first-order valence-electron chi connectivity index (χ1n) is 15.0. The van der Waals surface area contributed by atoms with Crippen LogP contribution in [0.25, 0.3) is 5.65 Å². The van der Waals surface area contributed by atoms with Crippen molar-refractivity contribution in [1.82, 2.24) is 19.9 Å². The van der Waals surface area contributed by atoms with E-state index in [4.69, 9.17) is 18.9 Å². The van der Waals surface area contributed by atoms with E-state index in [1.54, 1.807) is 46.2 Å². The summed E-state index contributed by atoms with van der Waals surface area (Å²) >= 11 is 0. The molecule has 2 aromatic heterocycles. The summed E-state index contributed by atoms with van der Waals surface area (Å²) in [4.78, 5) is 37.1. The quantitative estimate of drug-likeness (QED) is 0.176. The molecule has 2 amide bonds. The van der Waals surface area contributed by atoms with Gasteiger partial charge in [-0.2, -0.15) is 9.61 Å². The summed E-state index contributed by atoms with van der Waals surface area (Å²) in [6.45, 7) is 21.9. The molecule has 0 bridgehead atoms. The smallest absolute Gasteiger partial charge is 0.415 e. The average molecular weight is 626 g/mol. The predicted molar refractivity (Wildman–Crippen MR) is 175 cm³/mol. The molecule has 0 aliphatic heterocycles. The second kappa shape index (κ2) is 12.4. The molecule has 44 heavy (non-hydrogen) atoms. The molecule has 2 unspecified atom stereocenters. The van der Waals surface area contributed by atoms with Crippen molar-refractivity contribution in [3.63, 3.8) is 0 Å². The number of nitrogens with zero attached hydrogens (tertiary/aromatic N) is 5. The summed E-state index contributed by atoms with van der Waals surface area (Å²) in [6, 6.07) is 1.57. The number of anilines is 2. The third kappa shape index (κ3) is 8.06. The number of aromatic nitrogens is 3. The van der Waals surface area contributed by atoms with Gasteiger partial charge in [-0.3, -0.25) is 9.69 Å². The standard InChI is InChI=1S/C31H47N7O5Si/c1-12-15-32-28(41-20-13-14-20)19(2)34-24-17-25(37(9)29(40)42-30(3,4)5)38-26(36-24)21(18-33-38)27(39)35-22-16-23(22)43-44(10,11)31(6,7)8/h12,15,17-18,20,22-23H,1,13-14,16H2,2-11H3,(H,34,36)(H,35,39)/b28-19-,32-15?. The maximum atomic E-state index is 13.5. The molecule has 4 rings (SSSR count). The van der Waals surface area contributed by atoms with E-state index < -0.39 is 20.0 Å². The first-order valence-corrected chi connectivity index (χ1v) is 17.9. The number of allylic oxidation sites excluding steroid dienone is 2. The second-order valence-electron chi connectivity index (χ2n) is 14.0. The molecule has 240 valence electrons. The summed E-state index contributed by atoms with van der Waals surface area (Å²) in [7, 11) is -0.389. The second-order valence-corrected chi connectivity index (χ2v) is 18.7. The van der Waals surface area contributed by atoms with E-state index in [-0.39, 0.29) is 40.4 Å². The predicted octanol–water partition coefficient (Wildman–Crippen LogP) is 6.03. The van der Waals surface area contributed by atoms with Gasteiger partial charge in [0, 0.05) is 19.3 Å². The van der Waals surface area contributed by atoms with Crippen LogP contribution in [0, 0.1) is 0 Å². The fourth-order valence-electron chi connectivity index (χ4n) is 4.01. The van der Waals surface area contributed by atoms with Crippen molar-refractivity contribution in [3.8, 4) is 0 Å².